The molecule has 0 aliphatic carbocycles. The first-order valence-corrected chi connectivity index (χ1v) is 10.5. The van der Waals surface area contributed by atoms with Gasteiger partial charge in [-0.2, -0.15) is 26.3 Å². The molecule has 1 heterocycles. The molecule has 0 amide bonds. The molecule has 35 heavy (non-hydrogen) atoms. The molecule has 3 nitrogen and oxygen atoms in total. The van der Waals surface area contributed by atoms with Crippen LogP contribution in [0.4, 0.5) is 26.3 Å². The molecular weight excluding hydrogens is 470 g/mol. The van der Waals surface area contributed by atoms with Crippen molar-refractivity contribution >= 4 is 0 Å². The van der Waals surface area contributed by atoms with Gasteiger partial charge >= 0.3 is 12.4 Å². The van der Waals surface area contributed by atoms with Crippen molar-refractivity contribution in [1.82, 2.24) is 9.55 Å². The van der Waals surface area contributed by atoms with E-state index in [1.165, 1.54) is 48.9 Å². The Balaban J connectivity index is 1.83. The summed E-state index contributed by atoms with van der Waals surface area (Å²) >= 11 is 0. The molecule has 182 valence electrons. The van der Waals surface area contributed by atoms with Gasteiger partial charge in [-0.05, 0) is 55.3 Å². The number of benzene rings is 3. The van der Waals surface area contributed by atoms with Crippen LogP contribution in [0, 0.1) is 0 Å². The second-order valence-corrected chi connectivity index (χ2v) is 8.55. The van der Waals surface area contributed by atoms with Crippen LogP contribution in [0.2, 0.25) is 0 Å². The van der Waals surface area contributed by atoms with Crippen LogP contribution in [0.25, 0.3) is 28.2 Å². The first kappa shape index (κ1) is 24.5. The van der Waals surface area contributed by atoms with E-state index in [0.717, 1.165) is 18.2 Å². The summed E-state index contributed by atoms with van der Waals surface area (Å²) in [6.07, 6.45) is -7.67. The van der Waals surface area contributed by atoms with Gasteiger partial charge in [0.25, 0.3) is 0 Å². The van der Waals surface area contributed by atoms with E-state index in [1.807, 2.05) is 0 Å². The minimum absolute atomic E-state index is 0.0260. The molecule has 0 radical (unpaired) electrons. The predicted molar refractivity (Wildman–Crippen MR) is 120 cm³/mol. The van der Waals surface area contributed by atoms with Gasteiger partial charge in [0.2, 0.25) is 0 Å². The Kier molecular flexibility index (Phi) is 6.00. The third-order valence-electron chi connectivity index (χ3n) is 5.47. The summed E-state index contributed by atoms with van der Waals surface area (Å²) < 4.78 is 81.8. The highest BCUT2D eigenvalue weighted by molar-refractivity contribution is 5.68. The summed E-state index contributed by atoms with van der Waals surface area (Å²) in [6.45, 7) is 2.94. The number of imidazole rings is 1. The zero-order chi connectivity index (χ0) is 25.6. The van der Waals surface area contributed by atoms with Crippen LogP contribution in [0.5, 0.6) is 0 Å². The molecule has 3 aromatic carbocycles. The summed E-state index contributed by atoms with van der Waals surface area (Å²) in [6, 6.07) is 16.2. The smallest absolute Gasteiger partial charge is 0.384 e. The van der Waals surface area contributed by atoms with E-state index in [-0.39, 0.29) is 17.1 Å². The van der Waals surface area contributed by atoms with Crippen LogP contribution >= 0.6 is 0 Å². The molecule has 0 aliphatic heterocycles. The highest BCUT2D eigenvalue weighted by Gasteiger charge is 2.35. The van der Waals surface area contributed by atoms with Crippen molar-refractivity contribution < 1.29 is 31.4 Å². The lowest BCUT2D eigenvalue weighted by molar-refractivity contribution is -0.138. The zero-order valence-electron chi connectivity index (χ0n) is 18.6. The highest BCUT2D eigenvalue weighted by Crippen LogP contribution is 2.38. The zero-order valence-corrected chi connectivity index (χ0v) is 18.6. The minimum atomic E-state index is -4.63. The molecule has 9 heteroatoms. The van der Waals surface area contributed by atoms with Crippen molar-refractivity contribution in [3.8, 4) is 28.2 Å². The molecule has 0 saturated heterocycles. The molecular formula is C26H20F6N2O. The first-order chi connectivity index (χ1) is 16.2. The Bertz CT molecular complexity index is 1350. The average Bonchev–Trinajstić information content (AvgIpc) is 3.24. The summed E-state index contributed by atoms with van der Waals surface area (Å²) in [4.78, 5) is 4.31. The monoisotopic (exact) mass is 490 g/mol. The minimum Gasteiger partial charge on any atom is -0.384 e. The van der Waals surface area contributed by atoms with Gasteiger partial charge in [0.05, 0.1) is 16.8 Å². The Morgan fingerprint density at radius 2 is 1.40 bits per heavy atom. The largest absolute Gasteiger partial charge is 0.417 e. The predicted octanol–water partition coefficient (Wildman–Crippen LogP) is 7.47. The van der Waals surface area contributed by atoms with Gasteiger partial charge in [-0.3, -0.25) is 4.57 Å². The van der Waals surface area contributed by atoms with Gasteiger partial charge in [-0.15, -0.1) is 0 Å². The molecule has 0 aliphatic rings. The van der Waals surface area contributed by atoms with Gasteiger partial charge in [0.1, 0.15) is 11.4 Å². The molecule has 1 aromatic heterocycles. The summed E-state index contributed by atoms with van der Waals surface area (Å²) in [7, 11) is 0. The Morgan fingerprint density at radius 3 is 2.00 bits per heavy atom. The number of nitrogens with zero attached hydrogens (tertiary/aromatic N) is 2. The second-order valence-electron chi connectivity index (χ2n) is 8.55. The van der Waals surface area contributed by atoms with E-state index >= 15 is 0 Å². The summed E-state index contributed by atoms with van der Waals surface area (Å²) in [5, 5.41) is 10.4. The van der Waals surface area contributed by atoms with Crippen molar-refractivity contribution in [3.63, 3.8) is 0 Å². The number of aromatic nitrogens is 2. The van der Waals surface area contributed by atoms with Crippen molar-refractivity contribution in [2.24, 2.45) is 0 Å². The number of hydrogen-bond acceptors (Lipinski definition) is 2. The van der Waals surface area contributed by atoms with Gasteiger partial charge in [0, 0.05) is 17.4 Å². The lowest BCUT2D eigenvalue weighted by Gasteiger charge is -2.14. The van der Waals surface area contributed by atoms with Crippen LogP contribution in [0.3, 0.4) is 0 Å². The average molecular weight is 490 g/mol. The Labute approximate surface area is 197 Å². The normalized spacial score (nSPS) is 12.7. The molecule has 0 unspecified atom stereocenters. The fraction of sp³-hybridized carbons (Fsp3) is 0.192. The molecule has 0 spiro atoms. The van der Waals surface area contributed by atoms with Gasteiger partial charge in [-0.1, -0.05) is 42.5 Å². The van der Waals surface area contributed by atoms with E-state index in [4.69, 9.17) is 0 Å². The second kappa shape index (κ2) is 8.57. The van der Waals surface area contributed by atoms with Gasteiger partial charge in [0.15, 0.2) is 0 Å². The first-order valence-electron chi connectivity index (χ1n) is 10.5. The summed E-state index contributed by atoms with van der Waals surface area (Å²) in [5.41, 5.74) is -1.83. The third kappa shape index (κ3) is 5.09. The molecule has 0 atom stereocenters. The Morgan fingerprint density at radius 1 is 0.743 bits per heavy atom. The van der Waals surface area contributed by atoms with Crippen molar-refractivity contribution in [1.29, 1.82) is 0 Å². The fourth-order valence-corrected chi connectivity index (χ4v) is 3.68. The number of halogens is 6. The maximum atomic E-state index is 13.7. The molecule has 4 aromatic rings. The molecule has 0 bridgehead atoms. The van der Waals surface area contributed by atoms with Crippen LogP contribution in [-0.2, 0) is 18.0 Å². The maximum Gasteiger partial charge on any atom is 0.417 e. The molecule has 1 N–H and O–H groups in total. The fourth-order valence-electron chi connectivity index (χ4n) is 3.68. The van der Waals surface area contributed by atoms with E-state index < -0.39 is 29.1 Å². The van der Waals surface area contributed by atoms with Crippen LogP contribution in [0.15, 0.2) is 79.0 Å². The lowest BCUT2D eigenvalue weighted by atomic mass is 10.0. The SMILES string of the molecule is CC(C)(O)c1cn(-c2ccc(-c3cccc(C(F)(F)F)c3)cc2)c(-c2ccccc2C(F)(F)F)n1. The van der Waals surface area contributed by atoms with E-state index in [2.05, 4.69) is 4.98 Å². The number of rotatable bonds is 4. The van der Waals surface area contributed by atoms with E-state index in [9.17, 15) is 31.4 Å². The van der Waals surface area contributed by atoms with Crippen LogP contribution in [-0.4, -0.2) is 14.7 Å². The number of alkyl halides is 6. The van der Waals surface area contributed by atoms with Crippen LogP contribution in [0.1, 0.15) is 30.7 Å². The third-order valence-corrected chi connectivity index (χ3v) is 5.47. The Hall–Kier alpha value is -3.59. The van der Waals surface area contributed by atoms with Crippen molar-refractivity contribution in [2.45, 2.75) is 31.8 Å². The van der Waals surface area contributed by atoms with Gasteiger partial charge < -0.3 is 5.11 Å². The van der Waals surface area contributed by atoms with Crippen molar-refractivity contribution in [3.05, 3.63) is 95.8 Å². The maximum absolute atomic E-state index is 13.7. The van der Waals surface area contributed by atoms with Crippen molar-refractivity contribution in [2.75, 3.05) is 0 Å². The quantitative estimate of drug-likeness (QED) is 0.301. The lowest BCUT2D eigenvalue weighted by Crippen LogP contribution is -2.15. The summed E-state index contributed by atoms with van der Waals surface area (Å²) in [5.74, 6) is -0.0260. The molecule has 0 saturated carbocycles. The van der Waals surface area contributed by atoms with Gasteiger partial charge in [-0.25, -0.2) is 4.98 Å². The van der Waals surface area contributed by atoms with E-state index in [1.54, 1.807) is 30.3 Å². The topological polar surface area (TPSA) is 38.0 Å². The highest BCUT2D eigenvalue weighted by atomic mass is 19.4. The number of hydrogen-bond donors (Lipinski definition) is 1. The van der Waals surface area contributed by atoms with Crippen LogP contribution < -0.4 is 0 Å². The molecule has 4 rings (SSSR count). The van der Waals surface area contributed by atoms with E-state index in [0.29, 0.717) is 16.8 Å². The molecule has 0 fully saturated rings. The standard InChI is InChI=1S/C26H20F6N2O/c1-24(2,35)22-15-34(23(33-22)20-8-3-4-9-21(20)26(30,31)32)19-12-10-16(11-13-19)17-6-5-7-18(14-17)25(27,28)29/h3-15,35H,1-2H3. The number of aliphatic hydroxyl groups is 1.